The van der Waals surface area contributed by atoms with E-state index in [1.165, 1.54) is 16.6 Å². The van der Waals surface area contributed by atoms with Gasteiger partial charge in [0.2, 0.25) is 11.8 Å². The van der Waals surface area contributed by atoms with Crippen molar-refractivity contribution in [2.24, 2.45) is 5.92 Å². The molecule has 142 valence electrons. The van der Waals surface area contributed by atoms with E-state index in [0.717, 1.165) is 29.7 Å². The number of carbonyl (C=O) groups is 2. The Morgan fingerprint density at radius 1 is 1.11 bits per heavy atom. The van der Waals surface area contributed by atoms with Gasteiger partial charge in [-0.05, 0) is 30.5 Å². The van der Waals surface area contributed by atoms with Crippen molar-refractivity contribution in [3.63, 3.8) is 0 Å². The summed E-state index contributed by atoms with van der Waals surface area (Å²) in [5, 5.41) is 4.18. The molecule has 0 radical (unpaired) electrons. The van der Waals surface area contributed by atoms with Crippen molar-refractivity contribution in [1.82, 2.24) is 9.88 Å². The topological polar surface area (TPSA) is 65.2 Å². The summed E-state index contributed by atoms with van der Waals surface area (Å²) in [6, 6.07) is 16.2. The van der Waals surface area contributed by atoms with Crippen molar-refractivity contribution in [3.05, 3.63) is 65.4 Å². The van der Waals surface area contributed by atoms with Crippen LogP contribution in [0.25, 0.3) is 10.9 Å². The molecular formula is C23H23N3O2. The highest BCUT2D eigenvalue weighted by Gasteiger charge is 2.28. The zero-order chi connectivity index (χ0) is 19.1. The first-order chi connectivity index (χ1) is 13.7. The molecule has 5 rings (SSSR count). The number of fused-ring (bicyclic) bond motifs is 4. The number of nitrogens with zero attached hydrogens (tertiary/aromatic N) is 1. The van der Waals surface area contributed by atoms with E-state index in [1.807, 2.05) is 41.3 Å². The van der Waals surface area contributed by atoms with E-state index >= 15 is 0 Å². The summed E-state index contributed by atoms with van der Waals surface area (Å²) in [7, 11) is 0. The summed E-state index contributed by atoms with van der Waals surface area (Å²) >= 11 is 0. The fourth-order valence-electron chi connectivity index (χ4n) is 4.48. The second kappa shape index (κ2) is 6.82. The van der Waals surface area contributed by atoms with Crippen LogP contribution in [0.4, 0.5) is 5.69 Å². The molecule has 28 heavy (non-hydrogen) atoms. The number of amides is 2. The van der Waals surface area contributed by atoms with Crippen LogP contribution in [-0.4, -0.2) is 28.2 Å². The second-order valence-electron chi connectivity index (χ2n) is 7.78. The summed E-state index contributed by atoms with van der Waals surface area (Å²) in [5.74, 6) is 0.0407. The number of aromatic nitrogens is 1. The van der Waals surface area contributed by atoms with Crippen LogP contribution in [0.3, 0.4) is 0 Å². The summed E-state index contributed by atoms with van der Waals surface area (Å²) in [5.41, 5.74) is 5.67. The van der Waals surface area contributed by atoms with Gasteiger partial charge in [-0.3, -0.25) is 9.59 Å². The SMILES string of the molecule is O=C1Nc2ccccc2CC1CCC(=O)N1CCc2[nH]c3ccccc3c2C1. The van der Waals surface area contributed by atoms with Crippen molar-refractivity contribution in [3.8, 4) is 0 Å². The Hall–Kier alpha value is -3.08. The van der Waals surface area contributed by atoms with Gasteiger partial charge < -0.3 is 15.2 Å². The van der Waals surface area contributed by atoms with E-state index < -0.39 is 0 Å². The number of hydrogen-bond acceptors (Lipinski definition) is 2. The third kappa shape index (κ3) is 2.97. The van der Waals surface area contributed by atoms with E-state index in [2.05, 4.69) is 22.4 Å². The Morgan fingerprint density at radius 3 is 2.86 bits per heavy atom. The van der Waals surface area contributed by atoms with Crippen LogP contribution in [0.5, 0.6) is 0 Å². The summed E-state index contributed by atoms with van der Waals surface area (Å²) in [6.45, 7) is 1.39. The average Bonchev–Trinajstić information content (AvgIpc) is 3.10. The van der Waals surface area contributed by atoms with Crippen LogP contribution in [0.2, 0.25) is 0 Å². The molecule has 3 heterocycles. The van der Waals surface area contributed by atoms with Gasteiger partial charge in [-0.15, -0.1) is 0 Å². The van der Waals surface area contributed by atoms with Crippen molar-refractivity contribution >= 4 is 28.4 Å². The number of hydrogen-bond donors (Lipinski definition) is 2. The van der Waals surface area contributed by atoms with Crippen LogP contribution in [-0.2, 0) is 29.0 Å². The third-order valence-electron chi connectivity index (χ3n) is 6.05. The predicted octanol–water partition coefficient (Wildman–Crippen LogP) is 3.64. The summed E-state index contributed by atoms with van der Waals surface area (Å²) in [4.78, 5) is 30.7. The molecule has 2 aromatic carbocycles. The molecule has 5 nitrogen and oxygen atoms in total. The van der Waals surface area contributed by atoms with Gasteiger partial charge in [0, 0.05) is 59.7 Å². The van der Waals surface area contributed by atoms with Crippen LogP contribution in [0.1, 0.15) is 29.7 Å². The van der Waals surface area contributed by atoms with Crippen molar-refractivity contribution in [2.75, 3.05) is 11.9 Å². The first-order valence-electron chi connectivity index (χ1n) is 9.94. The zero-order valence-corrected chi connectivity index (χ0v) is 15.7. The van der Waals surface area contributed by atoms with Crippen LogP contribution in [0, 0.1) is 5.92 Å². The maximum absolute atomic E-state index is 12.8. The number of aromatic amines is 1. The highest BCUT2D eigenvalue weighted by atomic mass is 16.2. The molecule has 1 atom stereocenters. The molecule has 0 fully saturated rings. The number of nitrogens with one attached hydrogen (secondary N) is 2. The lowest BCUT2D eigenvalue weighted by molar-refractivity contribution is -0.132. The minimum atomic E-state index is -0.132. The number of carbonyl (C=O) groups excluding carboxylic acids is 2. The maximum atomic E-state index is 12.8. The maximum Gasteiger partial charge on any atom is 0.227 e. The van der Waals surface area contributed by atoms with Crippen LogP contribution >= 0.6 is 0 Å². The molecule has 0 saturated carbocycles. The standard InChI is InChI=1S/C23H23N3O2/c27-22(10-9-16-13-15-5-1-3-7-19(15)25-23(16)28)26-12-11-21-18(14-26)17-6-2-4-8-20(17)24-21/h1-8,16,24H,9-14H2,(H,25,28). The monoisotopic (exact) mass is 373 g/mol. The second-order valence-corrected chi connectivity index (χ2v) is 7.78. The molecule has 2 aliphatic rings. The number of H-pyrrole nitrogens is 1. The molecule has 0 aliphatic carbocycles. The van der Waals surface area contributed by atoms with Crippen molar-refractivity contribution < 1.29 is 9.59 Å². The Kier molecular flexibility index (Phi) is 4.15. The number of anilines is 1. The Labute approximate surface area is 163 Å². The lowest BCUT2D eigenvalue weighted by Gasteiger charge is -2.29. The number of para-hydroxylation sites is 2. The van der Waals surface area contributed by atoms with Gasteiger partial charge in [0.1, 0.15) is 0 Å². The molecular weight excluding hydrogens is 350 g/mol. The first-order valence-corrected chi connectivity index (χ1v) is 9.94. The molecule has 3 aromatic rings. The van der Waals surface area contributed by atoms with Gasteiger partial charge in [-0.2, -0.15) is 0 Å². The quantitative estimate of drug-likeness (QED) is 0.736. The fourth-order valence-corrected chi connectivity index (χ4v) is 4.48. The molecule has 1 unspecified atom stereocenters. The molecule has 2 aliphatic heterocycles. The van der Waals surface area contributed by atoms with E-state index in [-0.39, 0.29) is 17.7 Å². The molecule has 2 N–H and O–H groups in total. The van der Waals surface area contributed by atoms with Gasteiger partial charge in [0.15, 0.2) is 0 Å². The van der Waals surface area contributed by atoms with Gasteiger partial charge in [-0.25, -0.2) is 0 Å². The molecule has 2 amide bonds. The van der Waals surface area contributed by atoms with Crippen LogP contribution < -0.4 is 5.32 Å². The lowest BCUT2D eigenvalue weighted by Crippen LogP contribution is -2.37. The number of benzene rings is 2. The van der Waals surface area contributed by atoms with E-state index in [9.17, 15) is 9.59 Å². The van der Waals surface area contributed by atoms with E-state index in [0.29, 0.717) is 25.8 Å². The molecule has 0 bridgehead atoms. The number of rotatable bonds is 3. The molecule has 0 saturated heterocycles. The van der Waals surface area contributed by atoms with Gasteiger partial charge in [0.05, 0.1) is 0 Å². The molecule has 5 heteroatoms. The summed E-state index contributed by atoms with van der Waals surface area (Å²) < 4.78 is 0. The van der Waals surface area contributed by atoms with Gasteiger partial charge >= 0.3 is 0 Å². The highest BCUT2D eigenvalue weighted by molar-refractivity contribution is 5.96. The van der Waals surface area contributed by atoms with Gasteiger partial charge in [0.25, 0.3) is 0 Å². The normalized spacial score (nSPS) is 18.5. The van der Waals surface area contributed by atoms with E-state index in [4.69, 9.17) is 0 Å². The minimum Gasteiger partial charge on any atom is -0.358 e. The minimum absolute atomic E-state index is 0.0315. The lowest BCUT2D eigenvalue weighted by atomic mass is 9.89. The van der Waals surface area contributed by atoms with Crippen molar-refractivity contribution in [2.45, 2.75) is 32.2 Å². The van der Waals surface area contributed by atoms with Crippen molar-refractivity contribution in [1.29, 1.82) is 0 Å². The largest absolute Gasteiger partial charge is 0.358 e. The van der Waals surface area contributed by atoms with Gasteiger partial charge in [-0.1, -0.05) is 36.4 Å². The van der Waals surface area contributed by atoms with Crippen LogP contribution in [0.15, 0.2) is 48.5 Å². The molecule has 0 spiro atoms. The zero-order valence-electron chi connectivity index (χ0n) is 15.7. The fraction of sp³-hybridized carbons (Fsp3) is 0.304. The Balaban J connectivity index is 1.25. The molecule has 1 aromatic heterocycles. The van der Waals surface area contributed by atoms with E-state index in [1.54, 1.807) is 0 Å². The predicted molar refractivity (Wildman–Crippen MR) is 109 cm³/mol. The first kappa shape index (κ1) is 17.0. The smallest absolute Gasteiger partial charge is 0.227 e. The summed E-state index contributed by atoms with van der Waals surface area (Å²) in [6.07, 6.45) is 2.57. The Morgan fingerprint density at radius 2 is 1.93 bits per heavy atom. The third-order valence-corrected chi connectivity index (χ3v) is 6.05. The Bertz CT molecular complexity index is 1070. The average molecular weight is 373 g/mol. The highest BCUT2D eigenvalue weighted by Crippen LogP contribution is 2.30.